The van der Waals surface area contributed by atoms with Gasteiger partial charge in [-0.3, -0.25) is 4.79 Å². The van der Waals surface area contributed by atoms with Crippen molar-refractivity contribution in [2.45, 2.75) is 38.1 Å². The van der Waals surface area contributed by atoms with Crippen molar-refractivity contribution in [1.82, 2.24) is 5.32 Å². The standard InChI is InChI=1S/C11H18N2O3S2/c12-9(17)11(4-1-5-11)10(14)13-8-2-6-18(15,16)7-3-8/h8H,1-7H2,(H2,12,17)(H,13,14). The number of sulfone groups is 1. The van der Waals surface area contributed by atoms with Crippen molar-refractivity contribution in [2.75, 3.05) is 11.5 Å². The van der Waals surface area contributed by atoms with Gasteiger partial charge in [0.05, 0.1) is 21.9 Å². The van der Waals surface area contributed by atoms with E-state index in [1.165, 1.54) is 0 Å². The predicted octanol–water partition coefficient (Wildman–Crippen LogP) is 0.136. The molecule has 2 rings (SSSR count). The smallest absolute Gasteiger partial charge is 0.233 e. The minimum absolute atomic E-state index is 0.0622. The summed E-state index contributed by atoms with van der Waals surface area (Å²) in [5.74, 6) is 0.182. The summed E-state index contributed by atoms with van der Waals surface area (Å²) in [5.41, 5.74) is 4.98. The number of amides is 1. The number of nitrogens with two attached hydrogens (primary N) is 1. The van der Waals surface area contributed by atoms with E-state index >= 15 is 0 Å². The van der Waals surface area contributed by atoms with E-state index in [1.807, 2.05) is 0 Å². The quantitative estimate of drug-likeness (QED) is 0.722. The molecule has 1 aliphatic heterocycles. The zero-order chi connectivity index (χ0) is 13.4. The molecule has 2 fully saturated rings. The third-order valence-corrected chi connectivity index (χ3v) is 6.11. The summed E-state index contributed by atoms with van der Waals surface area (Å²) in [6.07, 6.45) is 3.35. The van der Waals surface area contributed by atoms with Gasteiger partial charge in [-0.05, 0) is 25.7 Å². The highest BCUT2D eigenvalue weighted by Crippen LogP contribution is 2.41. The van der Waals surface area contributed by atoms with Gasteiger partial charge in [-0.25, -0.2) is 8.42 Å². The SMILES string of the molecule is NC(=S)C1(C(=O)NC2CCS(=O)(=O)CC2)CCC1. The molecule has 3 N–H and O–H groups in total. The summed E-state index contributed by atoms with van der Waals surface area (Å²) in [4.78, 5) is 12.4. The van der Waals surface area contributed by atoms with Gasteiger partial charge in [-0.2, -0.15) is 0 Å². The second-order valence-corrected chi connectivity index (χ2v) is 7.94. The Kier molecular flexibility index (Phi) is 3.64. The molecule has 102 valence electrons. The Hall–Kier alpha value is -0.690. The number of carbonyl (C=O) groups excluding carboxylic acids is 1. The first-order valence-electron chi connectivity index (χ1n) is 6.17. The molecule has 0 spiro atoms. The summed E-state index contributed by atoms with van der Waals surface area (Å²) in [5, 5.41) is 2.91. The number of hydrogen-bond acceptors (Lipinski definition) is 4. The molecule has 0 aromatic heterocycles. The molecule has 0 bridgehead atoms. The van der Waals surface area contributed by atoms with Crippen LogP contribution in [0.15, 0.2) is 0 Å². The minimum Gasteiger partial charge on any atom is -0.392 e. The first-order valence-corrected chi connectivity index (χ1v) is 8.40. The molecular weight excluding hydrogens is 272 g/mol. The van der Waals surface area contributed by atoms with E-state index in [4.69, 9.17) is 18.0 Å². The van der Waals surface area contributed by atoms with Crippen LogP contribution >= 0.6 is 12.2 Å². The van der Waals surface area contributed by atoms with Crippen LogP contribution in [0.2, 0.25) is 0 Å². The molecule has 5 nitrogen and oxygen atoms in total. The number of hydrogen-bond donors (Lipinski definition) is 2. The summed E-state index contributed by atoms with van der Waals surface area (Å²) >= 11 is 4.98. The van der Waals surface area contributed by atoms with Crippen LogP contribution in [-0.2, 0) is 14.6 Å². The minimum atomic E-state index is -2.90. The van der Waals surface area contributed by atoms with E-state index in [2.05, 4.69) is 5.32 Å². The van der Waals surface area contributed by atoms with Gasteiger partial charge in [-0.1, -0.05) is 18.6 Å². The Morgan fingerprint density at radius 3 is 2.22 bits per heavy atom. The van der Waals surface area contributed by atoms with Crippen LogP contribution in [0.3, 0.4) is 0 Å². The van der Waals surface area contributed by atoms with E-state index < -0.39 is 15.3 Å². The van der Waals surface area contributed by atoms with Gasteiger partial charge < -0.3 is 11.1 Å². The average Bonchev–Trinajstić information content (AvgIpc) is 2.19. The molecule has 18 heavy (non-hydrogen) atoms. The van der Waals surface area contributed by atoms with Gasteiger partial charge >= 0.3 is 0 Å². The van der Waals surface area contributed by atoms with Crippen molar-refractivity contribution in [1.29, 1.82) is 0 Å². The van der Waals surface area contributed by atoms with Gasteiger partial charge in [0.25, 0.3) is 0 Å². The lowest BCUT2D eigenvalue weighted by molar-refractivity contribution is -0.131. The Balaban J connectivity index is 1.94. The molecule has 1 saturated carbocycles. The van der Waals surface area contributed by atoms with Crippen LogP contribution < -0.4 is 11.1 Å². The Morgan fingerprint density at radius 2 is 1.83 bits per heavy atom. The molecule has 0 atom stereocenters. The van der Waals surface area contributed by atoms with Crippen molar-refractivity contribution >= 4 is 33.0 Å². The molecule has 0 unspecified atom stereocenters. The van der Waals surface area contributed by atoms with E-state index in [-0.39, 0.29) is 28.4 Å². The van der Waals surface area contributed by atoms with Crippen molar-refractivity contribution in [3.63, 3.8) is 0 Å². The normalized spacial score (nSPS) is 26.0. The highest BCUT2D eigenvalue weighted by Gasteiger charge is 2.47. The fourth-order valence-corrected chi connectivity index (χ4v) is 4.26. The summed E-state index contributed by atoms with van der Waals surface area (Å²) in [7, 11) is -2.90. The van der Waals surface area contributed by atoms with Crippen LogP contribution in [0.1, 0.15) is 32.1 Å². The largest absolute Gasteiger partial charge is 0.392 e. The first-order chi connectivity index (χ1) is 8.36. The number of rotatable bonds is 3. The fraction of sp³-hybridized carbons (Fsp3) is 0.818. The van der Waals surface area contributed by atoms with E-state index in [0.29, 0.717) is 25.7 Å². The number of nitrogens with one attached hydrogen (secondary N) is 1. The summed E-state index contributed by atoms with van der Waals surface area (Å²) in [6, 6.07) is -0.0622. The van der Waals surface area contributed by atoms with E-state index in [1.54, 1.807) is 0 Å². The lowest BCUT2D eigenvalue weighted by Gasteiger charge is -2.40. The van der Waals surface area contributed by atoms with Crippen molar-refractivity contribution in [3.8, 4) is 0 Å². The van der Waals surface area contributed by atoms with Gasteiger partial charge in [0.1, 0.15) is 9.84 Å². The highest BCUT2D eigenvalue weighted by atomic mass is 32.2. The van der Waals surface area contributed by atoms with Crippen molar-refractivity contribution < 1.29 is 13.2 Å². The molecule has 0 radical (unpaired) electrons. The van der Waals surface area contributed by atoms with Crippen LogP contribution in [-0.4, -0.2) is 36.9 Å². The Labute approximate surface area is 112 Å². The molecule has 1 amide bonds. The predicted molar refractivity (Wildman–Crippen MR) is 72.9 cm³/mol. The molecule has 1 aliphatic carbocycles. The molecule has 7 heteroatoms. The molecule has 0 aromatic rings. The van der Waals surface area contributed by atoms with Gasteiger partial charge in [0.2, 0.25) is 5.91 Å². The maximum absolute atomic E-state index is 12.2. The first kappa shape index (κ1) is 13.7. The molecule has 2 aliphatic rings. The van der Waals surface area contributed by atoms with Crippen molar-refractivity contribution in [2.24, 2.45) is 11.1 Å². The number of thiocarbonyl (C=S) groups is 1. The Bertz CT molecular complexity index is 455. The second kappa shape index (κ2) is 4.77. The molecule has 1 heterocycles. The highest BCUT2D eigenvalue weighted by molar-refractivity contribution is 7.91. The van der Waals surface area contributed by atoms with Crippen LogP contribution in [0.5, 0.6) is 0 Å². The van der Waals surface area contributed by atoms with Crippen LogP contribution in [0.25, 0.3) is 0 Å². The van der Waals surface area contributed by atoms with Gasteiger partial charge in [-0.15, -0.1) is 0 Å². The topological polar surface area (TPSA) is 89.3 Å². The lowest BCUT2D eigenvalue weighted by atomic mass is 9.68. The zero-order valence-electron chi connectivity index (χ0n) is 10.1. The van der Waals surface area contributed by atoms with Gasteiger partial charge in [0, 0.05) is 6.04 Å². The number of carbonyl (C=O) groups is 1. The molecular formula is C11H18N2O3S2. The van der Waals surface area contributed by atoms with Gasteiger partial charge in [0.15, 0.2) is 0 Å². The Morgan fingerprint density at radius 1 is 1.28 bits per heavy atom. The van der Waals surface area contributed by atoms with Crippen LogP contribution in [0, 0.1) is 5.41 Å². The summed E-state index contributed by atoms with van der Waals surface area (Å²) in [6.45, 7) is 0. The maximum atomic E-state index is 12.2. The monoisotopic (exact) mass is 290 g/mol. The second-order valence-electron chi connectivity index (χ2n) is 5.20. The van der Waals surface area contributed by atoms with Crippen LogP contribution in [0.4, 0.5) is 0 Å². The third-order valence-electron chi connectivity index (χ3n) is 4.00. The van der Waals surface area contributed by atoms with Crippen molar-refractivity contribution in [3.05, 3.63) is 0 Å². The van der Waals surface area contributed by atoms with E-state index in [0.717, 1.165) is 6.42 Å². The summed E-state index contributed by atoms with van der Waals surface area (Å²) < 4.78 is 22.6. The zero-order valence-corrected chi connectivity index (χ0v) is 11.8. The van der Waals surface area contributed by atoms with E-state index in [9.17, 15) is 13.2 Å². The average molecular weight is 290 g/mol. The molecule has 1 saturated heterocycles. The third kappa shape index (κ3) is 2.51. The maximum Gasteiger partial charge on any atom is 0.233 e. The molecule has 0 aromatic carbocycles. The lowest BCUT2D eigenvalue weighted by Crippen LogP contribution is -2.56. The fourth-order valence-electron chi connectivity index (χ4n) is 2.47.